The minimum atomic E-state index is -4.52. The number of rotatable bonds is 4. The average Bonchev–Trinajstić information content (AvgIpc) is 2.86. The molecule has 1 heterocycles. The van der Waals surface area contributed by atoms with Gasteiger partial charge in [0.25, 0.3) is 0 Å². The molecule has 0 aliphatic rings. The van der Waals surface area contributed by atoms with Crippen molar-refractivity contribution >= 4 is 5.78 Å². The van der Waals surface area contributed by atoms with Crippen LogP contribution in [0.15, 0.2) is 30.5 Å². The van der Waals surface area contributed by atoms with E-state index in [0.717, 1.165) is 22.5 Å². The van der Waals surface area contributed by atoms with Gasteiger partial charge < -0.3 is 4.74 Å². The molecule has 2 rings (SSSR count). The summed E-state index contributed by atoms with van der Waals surface area (Å²) in [4.78, 5) is 12.1. The number of carbonyl (C=O) groups is 1. The summed E-state index contributed by atoms with van der Waals surface area (Å²) in [5, 5.41) is 3.35. The number of halogens is 3. The highest BCUT2D eigenvalue weighted by Gasteiger charge is 2.33. The summed E-state index contributed by atoms with van der Waals surface area (Å²) in [6, 6.07) is 5.85. The highest BCUT2D eigenvalue weighted by Crippen LogP contribution is 2.27. The van der Waals surface area contributed by atoms with E-state index in [9.17, 15) is 18.0 Å². The maximum atomic E-state index is 12.4. The number of aryl methyl sites for hydroxylation is 1. The first kappa shape index (κ1) is 15.1. The Morgan fingerprint density at radius 2 is 2.05 bits per heavy atom. The van der Waals surface area contributed by atoms with Crippen LogP contribution < -0.4 is 4.74 Å². The van der Waals surface area contributed by atoms with Crippen LogP contribution in [0.3, 0.4) is 0 Å². The van der Waals surface area contributed by atoms with E-state index in [4.69, 9.17) is 4.74 Å². The molecule has 0 unspecified atom stereocenters. The second-order valence-electron chi connectivity index (χ2n) is 4.52. The number of aromatic nitrogens is 2. The van der Waals surface area contributed by atoms with Gasteiger partial charge in [0.15, 0.2) is 11.5 Å². The van der Waals surface area contributed by atoms with Crippen LogP contribution in [0, 0.1) is 6.92 Å². The van der Waals surface area contributed by atoms with Crippen molar-refractivity contribution < 1.29 is 22.7 Å². The van der Waals surface area contributed by atoms with Gasteiger partial charge in [-0.1, -0.05) is 6.07 Å². The van der Waals surface area contributed by atoms with E-state index < -0.39 is 11.9 Å². The lowest BCUT2D eigenvalue weighted by Gasteiger charge is -2.08. The first-order chi connectivity index (χ1) is 9.81. The molecule has 0 saturated heterocycles. The van der Waals surface area contributed by atoms with E-state index in [1.165, 1.54) is 7.11 Å². The fraction of sp³-hybridized carbons (Fsp3) is 0.286. The molecule has 0 amide bonds. The molecule has 7 heteroatoms. The van der Waals surface area contributed by atoms with Crippen LogP contribution in [0.4, 0.5) is 13.2 Å². The lowest BCUT2D eigenvalue weighted by atomic mass is 10.1. The van der Waals surface area contributed by atoms with Gasteiger partial charge in [0.1, 0.15) is 12.3 Å². The lowest BCUT2D eigenvalue weighted by Crippen LogP contribution is -2.14. The van der Waals surface area contributed by atoms with Crippen LogP contribution >= 0.6 is 0 Å². The largest absolute Gasteiger partial charge is 0.496 e. The third-order valence-corrected chi connectivity index (χ3v) is 2.89. The smallest absolute Gasteiger partial charge is 0.435 e. The molecule has 0 atom stereocenters. The van der Waals surface area contributed by atoms with Crippen LogP contribution in [-0.4, -0.2) is 22.7 Å². The van der Waals surface area contributed by atoms with Crippen LogP contribution in [0.1, 0.15) is 21.6 Å². The Morgan fingerprint density at radius 3 is 2.62 bits per heavy atom. The van der Waals surface area contributed by atoms with Gasteiger partial charge in [-0.2, -0.15) is 18.3 Å². The quantitative estimate of drug-likeness (QED) is 0.815. The summed E-state index contributed by atoms with van der Waals surface area (Å²) in [5.74, 6) is 0.0203. The Hall–Kier alpha value is -2.31. The SMILES string of the molecule is COc1cc(C)ccc1C(=O)Cn1ccc(C(F)(F)F)n1. The predicted molar refractivity (Wildman–Crippen MR) is 69.3 cm³/mol. The zero-order valence-corrected chi connectivity index (χ0v) is 11.4. The standard InChI is InChI=1S/C14H13F3N2O2/c1-9-3-4-10(12(7-9)21-2)11(20)8-19-6-5-13(18-19)14(15,16)17/h3-7H,8H2,1-2H3. The molecule has 0 fully saturated rings. The van der Waals surface area contributed by atoms with Crippen molar-refractivity contribution in [3.8, 4) is 5.75 Å². The predicted octanol–water partition coefficient (Wildman–Crippen LogP) is 3.10. The molecule has 112 valence electrons. The summed E-state index contributed by atoms with van der Waals surface area (Å²) in [7, 11) is 1.43. The maximum absolute atomic E-state index is 12.4. The van der Waals surface area contributed by atoms with Crippen molar-refractivity contribution in [3.63, 3.8) is 0 Å². The Kier molecular flexibility index (Phi) is 4.02. The number of methoxy groups -OCH3 is 1. The molecule has 0 aliphatic heterocycles. The number of alkyl halides is 3. The van der Waals surface area contributed by atoms with Crippen molar-refractivity contribution in [2.75, 3.05) is 7.11 Å². The second-order valence-corrected chi connectivity index (χ2v) is 4.52. The van der Waals surface area contributed by atoms with Gasteiger partial charge in [0.2, 0.25) is 0 Å². The van der Waals surface area contributed by atoms with Crippen molar-refractivity contribution in [3.05, 3.63) is 47.3 Å². The van der Waals surface area contributed by atoms with Gasteiger partial charge >= 0.3 is 6.18 Å². The summed E-state index contributed by atoms with van der Waals surface area (Å²) < 4.78 is 43.4. The van der Waals surface area contributed by atoms with Crippen LogP contribution in [0.2, 0.25) is 0 Å². The molecule has 0 spiro atoms. The molecule has 21 heavy (non-hydrogen) atoms. The molecule has 4 nitrogen and oxygen atoms in total. The zero-order chi connectivity index (χ0) is 15.6. The molecule has 0 radical (unpaired) electrons. The van der Waals surface area contributed by atoms with Gasteiger partial charge in [0, 0.05) is 6.20 Å². The Labute approximate surface area is 119 Å². The van der Waals surface area contributed by atoms with E-state index in [-0.39, 0.29) is 12.3 Å². The van der Waals surface area contributed by atoms with Crippen molar-refractivity contribution in [1.82, 2.24) is 9.78 Å². The fourth-order valence-corrected chi connectivity index (χ4v) is 1.86. The molecule has 0 N–H and O–H groups in total. The van der Waals surface area contributed by atoms with E-state index in [2.05, 4.69) is 5.10 Å². The van der Waals surface area contributed by atoms with Crippen molar-refractivity contribution in [1.29, 1.82) is 0 Å². The first-order valence-corrected chi connectivity index (χ1v) is 6.10. The Balaban J connectivity index is 2.20. The normalized spacial score (nSPS) is 11.5. The van der Waals surface area contributed by atoms with Crippen LogP contribution in [0.5, 0.6) is 5.75 Å². The number of ether oxygens (including phenoxy) is 1. The van der Waals surface area contributed by atoms with Crippen molar-refractivity contribution in [2.24, 2.45) is 0 Å². The molecule has 0 bridgehead atoms. The van der Waals surface area contributed by atoms with E-state index >= 15 is 0 Å². The van der Waals surface area contributed by atoms with E-state index in [0.29, 0.717) is 11.3 Å². The number of Topliss-reactive ketones (excluding diaryl/α,β-unsaturated/α-hetero) is 1. The van der Waals surface area contributed by atoms with Crippen LogP contribution in [-0.2, 0) is 12.7 Å². The van der Waals surface area contributed by atoms with Gasteiger partial charge in [-0.3, -0.25) is 9.48 Å². The number of ketones is 1. The minimum Gasteiger partial charge on any atom is -0.496 e. The molecule has 1 aromatic heterocycles. The molecule has 0 saturated carbocycles. The van der Waals surface area contributed by atoms with Gasteiger partial charge in [0.05, 0.1) is 12.7 Å². The Bertz CT molecular complexity index is 662. The monoisotopic (exact) mass is 298 g/mol. The third kappa shape index (κ3) is 3.42. The highest BCUT2D eigenvalue weighted by atomic mass is 19.4. The van der Waals surface area contributed by atoms with Gasteiger partial charge in [-0.05, 0) is 30.7 Å². The number of hydrogen-bond donors (Lipinski definition) is 0. The number of benzene rings is 1. The zero-order valence-electron chi connectivity index (χ0n) is 11.4. The van der Waals surface area contributed by atoms with Gasteiger partial charge in [-0.15, -0.1) is 0 Å². The minimum absolute atomic E-state index is 0.282. The fourth-order valence-electron chi connectivity index (χ4n) is 1.86. The summed E-state index contributed by atoms with van der Waals surface area (Å²) in [6.45, 7) is 1.56. The maximum Gasteiger partial charge on any atom is 0.435 e. The number of carbonyl (C=O) groups excluding carboxylic acids is 1. The summed E-state index contributed by atoms with van der Waals surface area (Å²) >= 11 is 0. The molecule has 0 aliphatic carbocycles. The Morgan fingerprint density at radius 1 is 1.33 bits per heavy atom. The second kappa shape index (κ2) is 5.59. The highest BCUT2D eigenvalue weighted by molar-refractivity contribution is 5.98. The van der Waals surface area contributed by atoms with Gasteiger partial charge in [-0.25, -0.2) is 0 Å². The summed E-state index contributed by atoms with van der Waals surface area (Å²) in [5.41, 5.74) is 0.208. The molecule has 2 aromatic rings. The van der Waals surface area contributed by atoms with E-state index in [1.54, 1.807) is 18.2 Å². The first-order valence-electron chi connectivity index (χ1n) is 6.10. The summed E-state index contributed by atoms with van der Waals surface area (Å²) in [6.07, 6.45) is -3.39. The number of nitrogens with zero attached hydrogens (tertiary/aromatic N) is 2. The number of hydrogen-bond acceptors (Lipinski definition) is 3. The topological polar surface area (TPSA) is 44.1 Å². The van der Waals surface area contributed by atoms with E-state index in [1.807, 2.05) is 6.92 Å². The molecular formula is C14H13F3N2O2. The third-order valence-electron chi connectivity index (χ3n) is 2.89. The van der Waals surface area contributed by atoms with Crippen LogP contribution in [0.25, 0.3) is 0 Å². The lowest BCUT2D eigenvalue weighted by molar-refractivity contribution is -0.141. The molecule has 1 aromatic carbocycles. The van der Waals surface area contributed by atoms with Crippen molar-refractivity contribution in [2.45, 2.75) is 19.6 Å². The average molecular weight is 298 g/mol. The molecular weight excluding hydrogens is 285 g/mol.